The predicted molar refractivity (Wildman–Crippen MR) is 56.5 cm³/mol. The minimum absolute atomic E-state index is 0.245. The highest BCUT2D eigenvalue weighted by Gasteiger charge is 2.17. The second-order valence-corrected chi connectivity index (χ2v) is 3.72. The van der Waals surface area contributed by atoms with E-state index < -0.39 is 11.9 Å². The number of halogens is 2. The van der Waals surface area contributed by atoms with Gasteiger partial charge in [0.05, 0.1) is 6.04 Å². The van der Waals surface area contributed by atoms with Crippen molar-refractivity contribution in [2.75, 3.05) is 0 Å². The third-order valence-corrected chi connectivity index (χ3v) is 2.45. The van der Waals surface area contributed by atoms with Gasteiger partial charge in [-0.05, 0) is 17.7 Å². The number of nitrogens with zero attached hydrogens (tertiary/aromatic N) is 2. The van der Waals surface area contributed by atoms with Crippen molar-refractivity contribution >= 4 is 11.6 Å². The molecule has 1 unspecified atom stereocenters. The molecule has 0 bridgehead atoms. The van der Waals surface area contributed by atoms with Crippen LogP contribution in [0.15, 0.2) is 22.7 Å². The highest BCUT2D eigenvalue weighted by Crippen LogP contribution is 2.25. The minimum Gasteiger partial charge on any atom is -0.340 e. The van der Waals surface area contributed by atoms with E-state index in [-0.39, 0.29) is 5.02 Å². The molecule has 2 rings (SSSR count). The van der Waals surface area contributed by atoms with Crippen LogP contribution in [0.2, 0.25) is 5.02 Å². The third kappa shape index (κ3) is 2.05. The van der Waals surface area contributed by atoms with E-state index in [1.54, 1.807) is 6.92 Å². The summed E-state index contributed by atoms with van der Waals surface area (Å²) in [7, 11) is 0. The van der Waals surface area contributed by atoms with Crippen LogP contribution in [0.4, 0.5) is 4.39 Å². The van der Waals surface area contributed by atoms with Gasteiger partial charge in [0.2, 0.25) is 5.89 Å². The maximum absolute atomic E-state index is 12.8. The first-order valence-corrected chi connectivity index (χ1v) is 4.96. The second-order valence-electron chi connectivity index (χ2n) is 3.32. The van der Waals surface area contributed by atoms with Crippen molar-refractivity contribution in [3.05, 3.63) is 46.3 Å². The van der Waals surface area contributed by atoms with Crippen LogP contribution in [0.1, 0.15) is 23.3 Å². The van der Waals surface area contributed by atoms with Gasteiger partial charge in [-0.15, -0.1) is 0 Å². The van der Waals surface area contributed by atoms with Gasteiger partial charge in [-0.3, -0.25) is 0 Å². The van der Waals surface area contributed by atoms with Gasteiger partial charge < -0.3 is 10.3 Å². The number of benzene rings is 1. The molecule has 1 heterocycles. The van der Waals surface area contributed by atoms with Crippen molar-refractivity contribution in [3.63, 3.8) is 0 Å². The normalized spacial score (nSPS) is 12.8. The summed E-state index contributed by atoms with van der Waals surface area (Å²) < 4.78 is 17.7. The highest BCUT2D eigenvalue weighted by atomic mass is 35.5. The lowest BCUT2D eigenvalue weighted by Crippen LogP contribution is -2.14. The SMILES string of the molecule is Cc1nc(C(N)c2ccc(F)cc2Cl)no1. The van der Waals surface area contributed by atoms with Gasteiger partial charge in [0.25, 0.3) is 0 Å². The Bertz CT molecular complexity index is 515. The number of aromatic nitrogens is 2. The number of aryl methyl sites for hydroxylation is 1. The smallest absolute Gasteiger partial charge is 0.223 e. The number of rotatable bonds is 2. The molecule has 0 saturated heterocycles. The molecular formula is C10H9ClFN3O. The number of hydrogen-bond acceptors (Lipinski definition) is 4. The Morgan fingerprint density at radius 1 is 1.50 bits per heavy atom. The van der Waals surface area contributed by atoms with Gasteiger partial charge in [0.1, 0.15) is 5.82 Å². The Hall–Kier alpha value is -1.46. The number of hydrogen-bond donors (Lipinski definition) is 1. The zero-order valence-corrected chi connectivity index (χ0v) is 9.20. The average Bonchev–Trinajstić information content (AvgIpc) is 2.64. The van der Waals surface area contributed by atoms with Crippen LogP contribution >= 0.6 is 11.6 Å². The Kier molecular flexibility index (Phi) is 2.89. The first-order chi connectivity index (χ1) is 7.58. The molecule has 1 aromatic carbocycles. The summed E-state index contributed by atoms with van der Waals surface area (Å²) in [5.74, 6) is 0.333. The summed E-state index contributed by atoms with van der Waals surface area (Å²) in [6, 6.07) is 3.37. The van der Waals surface area contributed by atoms with Crippen LogP contribution in [0.25, 0.3) is 0 Å². The molecule has 0 radical (unpaired) electrons. The van der Waals surface area contributed by atoms with Crippen molar-refractivity contribution in [2.24, 2.45) is 5.73 Å². The Balaban J connectivity index is 2.37. The second kappa shape index (κ2) is 4.19. The first kappa shape index (κ1) is 11.0. The van der Waals surface area contributed by atoms with Gasteiger partial charge in [-0.2, -0.15) is 4.98 Å². The molecule has 84 valence electrons. The van der Waals surface area contributed by atoms with Gasteiger partial charge in [0, 0.05) is 11.9 Å². The van der Waals surface area contributed by atoms with Crippen LogP contribution in [0, 0.1) is 12.7 Å². The van der Waals surface area contributed by atoms with E-state index in [0.717, 1.165) is 0 Å². The van der Waals surface area contributed by atoms with Crippen molar-refractivity contribution in [2.45, 2.75) is 13.0 Å². The molecule has 2 aromatic rings. The molecule has 1 aromatic heterocycles. The summed E-state index contributed by atoms with van der Waals surface area (Å²) in [5.41, 5.74) is 6.45. The molecule has 0 aliphatic heterocycles. The van der Waals surface area contributed by atoms with Crippen LogP contribution in [-0.2, 0) is 0 Å². The molecule has 0 aliphatic rings. The summed E-state index contributed by atoms with van der Waals surface area (Å²) >= 11 is 5.87. The molecule has 1 atom stereocenters. The largest absolute Gasteiger partial charge is 0.340 e. The number of nitrogens with two attached hydrogens (primary N) is 1. The topological polar surface area (TPSA) is 64.9 Å². The maximum atomic E-state index is 12.8. The van der Waals surface area contributed by atoms with Crippen molar-refractivity contribution < 1.29 is 8.91 Å². The molecule has 0 saturated carbocycles. The van der Waals surface area contributed by atoms with Gasteiger partial charge in [-0.25, -0.2) is 4.39 Å². The van der Waals surface area contributed by atoms with Crippen LogP contribution < -0.4 is 5.73 Å². The van der Waals surface area contributed by atoms with E-state index in [1.807, 2.05) is 0 Å². The quantitative estimate of drug-likeness (QED) is 0.876. The van der Waals surface area contributed by atoms with Gasteiger partial charge >= 0.3 is 0 Å². The van der Waals surface area contributed by atoms with Crippen LogP contribution in [0.5, 0.6) is 0 Å². The van der Waals surface area contributed by atoms with Gasteiger partial charge in [-0.1, -0.05) is 22.8 Å². The zero-order chi connectivity index (χ0) is 11.7. The molecule has 4 nitrogen and oxygen atoms in total. The summed E-state index contributed by atoms with van der Waals surface area (Å²) in [6.45, 7) is 1.66. The van der Waals surface area contributed by atoms with E-state index in [0.29, 0.717) is 17.3 Å². The molecule has 0 spiro atoms. The fraction of sp³-hybridized carbons (Fsp3) is 0.200. The van der Waals surface area contributed by atoms with Crippen molar-refractivity contribution in [1.29, 1.82) is 0 Å². The predicted octanol–water partition coefficient (Wildman–Crippen LogP) is 2.22. The molecule has 16 heavy (non-hydrogen) atoms. The van der Waals surface area contributed by atoms with E-state index in [9.17, 15) is 4.39 Å². The fourth-order valence-corrected chi connectivity index (χ4v) is 1.62. The van der Waals surface area contributed by atoms with Crippen molar-refractivity contribution in [1.82, 2.24) is 10.1 Å². The highest BCUT2D eigenvalue weighted by molar-refractivity contribution is 6.31. The van der Waals surface area contributed by atoms with E-state index in [1.165, 1.54) is 18.2 Å². The van der Waals surface area contributed by atoms with Crippen LogP contribution in [0.3, 0.4) is 0 Å². The third-order valence-electron chi connectivity index (χ3n) is 2.12. The summed E-state index contributed by atoms with van der Waals surface area (Å²) in [4.78, 5) is 4.00. The first-order valence-electron chi connectivity index (χ1n) is 4.58. The van der Waals surface area contributed by atoms with Crippen LogP contribution in [-0.4, -0.2) is 10.1 Å². The van der Waals surface area contributed by atoms with E-state index in [2.05, 4.69) is 10.1 Å². The molecule has 0 fully saturated rings. The molecule has 6 heteroatoms. The van der Waals surface area contributed by atoms with Gasteiger partial charge in [0.15, 0.2) is 5.82 Å². The molecule has 2 N–H and O–H groups in total. The minimum atomic E-state index is -0.620. The zero-order valence-electron chi connectivity index (χ0n) is 8.45. The maximum Gasteiger partial charge on any atom is 0.223 e. The van der Waals surface area contributed by atoms with E-state index >= 15 is 0 Å². The fourth-order valence-electron chi connectivity index (χ4n) is 1.33. The summed E-state index contributed by atoms with van der Waals surface area (Å²) in [5, 5.41) is 3.94. The van der Waals surface area contributed by atoms with E-state index in [4.69, 9.17) is 21.9 Å². The monoisotopic (exact) mass is 241 g/mol. The standard InChI is InChI=1S/C10H9ClFN3O/c1-5-14-10(15-16-5)9(13)7-3-2-6(12)4-8(7)11/h2-4,9H,13H2,1H3. The Morgan fingerprint density at radius 3 is 2.81 bits per heavy atom. The molecule has 0 amide bonds. The summed E-state index contributed by atoms with van der Waals surface area (Å²) in [6.07, 6.45) is 0. The average molecular weight is 242 g/mol. The lowest BCUT2D eigenvalue weighted by Gasteiger charge is -2.09. The Morgan fingerprint density at radius 2 is 2.25 bits per heavy atom. The molecular weight excluding hydrogens is 233 g/mol. The lowest BCUT2D eigenvalue weighted by molar-refractivity contribution is 0.385. The van der Waals surface area contributed by atoms with Crippen molar-refractivity contribution in [3.8, 4) is 0 Å². The Labute approximate surface area is 96.2 Å². The lowest BCUT2D eigenvalue weighted by atomic mass is 10.1. The molecule has 0 aliphatic carbocycles.